The minimum atomic E-state index is -0.784. The van der Waals surface area contributed by atoms with Crippen molar-refractivity contribution in [1.29, 1.82) is 0 Å². The number of nitrogens with zero attached hydrogens (tertiary/aromatic N) is 5. The van der Waals surface area contributed by atoms with Gasteiger partial charge in [-0.3, -0.25) is 4.79 Å². The highest BCUT2D eigenvalue weighted by atomic mass is 16.6. The van der Waals surface area contributed by atoms with E-state index in [1.165, 1.54) is 12.8 Å². The number of imidazole rings is 1. The molecule has 222 valence electrons. The molecular weight excluding hydrogens is 536 g/mol. The van der Waals surface area contributed by atoms with Gasteiger partial charge in [0, 0.05) is 43.8 Å². The van der Waals surface area contributed by atoms with Crippen molar-refractivity contribution in [3.8, 4) is 17.3 Å². The highest BCUT2D eigenvalue weighted by Crippen LogP contribution is 2.37. The van der Waals surface area contributed by atoms with E-state index in [1.54, 1.807) is 44.9 Å². The monoisotopic (exact) mass is 574 g/mol. The normalized spacial score (nSPS) is 19.3. The van der Waals surface area contributed by atoms with Crippen LogP contribution >= 0.6 is 0 Å². The van der Waals surface area contributed by atoms with Gasteiger partial charge in [-0.2, -0.15) is 0 Å². The smallest absolute Gasteiger partial charge is 0.408 e. The standard InChI is InChI=1S/C31H38N6O5/c1-31(2,3)42-30(40)34-22-17-36(12-10-24(22)38)29(39)20-13-21-26(25(15-20)41-5)35(4)28(33-21)23-14-19-7-6-11-32-27(19)37(23)16-18-8-9-18/h6-7,11,13-15,18,22,24,38H,8-10,12,16-17H2,1-5H3,(H,34,40). The summed E-state index contributed by atoms with van der Waals surface area (Å²) in [4.78, 5) is 37.4. The molecule has 2 atom stereocenters. The molecule has 1 aliphatic carbocycles. The minimum absolute atomic E-state index is 0.154. The predicted molar refractivity (Wildman–Crippen MR) is 158 cm³/mol. The first kappa shape index (κ1) is 28.0. The molecule has 0 spiro atoms. The van der Waals surface area contributed by atoms with E-state index < -0.39 is 23.8 Å². The van der Waals surface area contributed by atoms with Crippen LogP contribution in [0.4, 0.5) is 4.79 Å². The fraction of sp³-hybridized carbons (Fsp3) is 0.484. The number of aliphatic hydroxyl groups is 1. The number of pyridine rings is 1. The molecule has 4 heterocycles. The molecule has 6 rings (SSSR count). The third kappa shape index (κ3) is 5.40. The number of hydrogen-bond donors (Lipinski definition) is 2. The molecule has 4 aromatic rings. The number of carbonyl (C=O) groups excluding carboxylic acids is 2. The number of fused-ring (bicyclic) bond motifs is 2. The summed E-state index contributed by atoms with van der Waals surface area (Å²) >= 11 is 0. The van der Waals surface area contributed by atoms with Crippen molar-refractivity contribution in [1.82, 2.24) is 29.3 Å². The molecule has 2 unspecified atom stereocenters. The lowest BCUT2D eigenvalue weighted by atomic mass is 10.0. The number of rotatable bonds is 6. The number of nitrogens with one attached hydrogen (secondary N) is 1. The number of aromatic nitrogens is 4. The van der Waals surface area contributed by atoms with Gasteiger partial charge in [0.05, 0.1) is 30.5 Å². The van der Waals surface area contributed by atoms with Gasteiger partial charge in [-0.1, -0.05) is 0 Å². The van der Waals surface area contributed by atoms with Gasteiger partial charge >= 0.3 is 6.09 Å². The molecule has 2 amide bonds. The van der Waals surface area contributed by atoms with Crippen LogP contribution in [0.3, 0.4) is 0 Å². The van der Waals surface area contributed by atoms with Crippen LogP contribution in [0.15, 0.2) is 36.5 Å². The summed E-state index contributed by atoms with van der Waals surface area (Å²) < 4.78 is 15.4. The van der Waals surface area contributed by atoms with Crippen molar-refractivity contribution in [3.05, 3.63) is 42.1 Å². The summed E-state index contributed by atoms with van der Waals surface area (Å²) in [5, 5.41) is 14.3. The number of aryl methyl sites for hydroxylation is 1. The Balaban J connectivity index is 1.32. The van der Waals surface area contributed by atoms with Gasteiger partial charge in [0.25, 0.3) is 5.91 Å². The maximum absolute atomic E-state index is 13.7. The minimum Gasteiger partial charge on any atom is -0.494 e. The molecule has 1 aliphatic heterocycles. The van der Waals surface area contributed by atoms with E-state index in [-0.39, 0.29) is 12.5 Å². The highest BCUT2D eigenvalue weighted by Gasteiger charge is 2.34. The summed E-state index contributed by atoms with van der Waals surface area (Å²) in [7, 11) is 3.54. The van der Waals surface area contributed by atoms with Gasteiger partial charge in [0.2, 0.25) is 0 Å². The predicted octanol–water partition coefficient (Wildman–Crippen LogP) is 4.11. The number of piperidine rings is 1. The summed E-state index contributed by atoms with van der Waals surface area (Å²) in [5.74, 6) is 1.73. The Bertz CT molecular complexity index is 1660. The van der Waals surface area contributed by atoms with Crippen LogP contribution in [0.25, 0.3) is 33.6 Å². The van der Waals surface area contributed by atoms with E-state index in [0.29, 0.717) is 35.7 Å². The second-order valence-electron chi connectivity index (χ2n) is 12.4. The van der Waals surface area contributed by atoms with Crippen LogP contribution in [-0.2, 0) is 18.3 Å². The largest absolute Gasteiger partial charge is 0.494 e. The van der Waals surface area contributed by atoms with Gasteiger partial charge in [0.15, 0.2) is 5.82 Å². The molecular formula is C31H38N6O5. The third-order valence-corrected chi connectivity index (χ3v) is 7.99. The van der Waals surface area contributed by atoms with Crippen LogP contribution in [0.5, 0.6) is 5.75 Å². The highest BCUT2D eigenvalue weighted by molar-refractivity contribution is 6.00. The van der Waals surface area contributed by atoms with Crippen molar-refractivity contribution in [2.45, 2.75) is 64.3 Å². The number of hydrogen-bond acceptors (Lipinski definition) is 7. The zero-order chi connectivity index (χ0) is 29.8. The molecule has 2 N–H and O–H groups in total. The lowest BCUT2D eigenvalue weighted by Gasteiger charge is -2.36. The van der Waals surface area contributed by atoms with Crippen molar-refractivity contribution in [2.24, 2.45) is 13.0 Å². The summed E-state index contributed by atoms with van der Waals surface area (Å²) in [5.41, 5.74) is 3.11. The lowest BCUT2D eigenvalue weighted by molar-refractivity contribution is 0.0210. The molecule has 3 aromatic heterocycles. The Kier molecular flexibility index (Phi) is 7.08. The van der Waals surface area contributed by atoms with E-state index in [2.05, 4.69) is 27.0 Å². The van der Waals surface area contributed by atoms with E-state index in [9.17, 15) is 14.7 Å². The number of aliphatic hydroxyl groups excluding tert-OH is 1. The van der Waals surface area contributed by atoms with Gasteiger partial charge in [-0.15, -0.1) is 0 Å². The van der Waals surface area contributed by atoms with Crippen molar-refractivity contribution < 1.29 is 24.2 Å². The van der Waals surface area contributed by atoms with E-state index in [0.717, 1.165) is 34.6 Å². The number of benzene rings is 1. The zero-order valence-corrected chi connectivity index (χ0v) is 24.8. The molecule has 1 saturated heterocycles. The first-order chi connectivity index (χ1) is 20.0. The fourth-order valence-electron chi connectivity index (χ4n) is 5.74. The molecule has 0 radical (unpaired) electrons. The molecule has 1 aromatic carbocycles. The number of likely N-dealkylation sites (tertiary alicyclic amines) is 1. The van der Waals surface area contributed by atoms with Crippen LogP contribution in [0.1, 0.15) is 50.4 Å². The molecule has 11 nitrogen and oxygen atoms in total. The Labute approximate surface area is 244 Å². The number of amides is 2. The second kappa shape index (κ2) is 10.6. The Hall–Kier alpha value is -4.12. The van der Waals surface area contributed by atoms with E-state index in [1.807, 2.05) is 23.9 Å². The lowest BCUT2D eigenvalue weighted by Crippen LogP contribution is -2.57. The van der Waals surface area contributed by atoms with Gasteiger partial charge in [0.1, 0.15) is 22.5 Å². The van der Waals surface area contributed by atoms with E-state index >= 15 is 0 Å². The number of carbonyl (C=O) groups is 2. The quantitative estimate of drug-likeness (QED) is 0.355. The Morgan fingerprint density at radius 2 is 1.95 bits per heavy atom. The summed E-state index contributed by atoms with van der Waals surface area (Å²) in [6.45, 7) is 6.72. The third-order valence-electron chi connectivity index (χ3n) is 7.99. The SMILES string of the molecule is COc1cc(C(=O)N2CCC(O)C(NC(=O)OC(C)(C)C)C2)cc2nc(-c3cc4cccnc4n3CC3CC3)n(C)c12. The number of alkyl carbamates (subject to hydrolysis) is 1. The maximum Gasteiger partial charge on any atom is 0.408 e. The molecule has 2 fully saturated rings. The first-order valence-corrected chi connectivity index (χ1v) is 14.5. The van der Waals surface area contributed by atoms with Gasteiger partial charge in [-0.25, -0.2) is 14.8 Å². The molecule has 0 bridgehead atoms. The zero-order valence-electron chi connectivity index (χ0n) is 24.8. The van der Waals surface area contributed by atoms with E-state index in [4.69, 9.17) is 14.5 Å². The molecule has 42 heavy (non-hydrogen) atoms. The Morgan fingerprint density at radius 1 is 1.17 bits per heavy atom. The first-order valence-electron chi connectivity index (χ1n) is 14.5. The summed E-state index contributed by atoms with van der Waals surface area (Å²) in [6, 6.07) is 9.01. The van der Waals surface area contributed by atoms with Crippen LogP contribution < -0.4 is 10.1 Å². The molecule has 11 heteroatoms. The second-order valence-corrected chi connectivity index (χ2v) is 12.4. The fourth-order valence-corrected chi connectivity index (χ4v) is 5.74. The van der Waals surface area contributed by atoms with Crippen molar-refractivity contribution in [3.63, 3.8) is 0 Å². The van der Waals surface area contributed by atoms with Crippen LogP contribution in [-0.4, -0.2) is 79.1 Å². The molecule has 2 aliphatic rings. The average molecular weight is 575 g/mol. The van der Waals surface area contributed by atoms with Crippen molar-refractivity contribution in [2.75, 3.05) is 20.2 Å². The number of ether oxygens (including phenoxy) is 2. The average Bonchev–Trinajstić information content (AvgIpc) is 3.61. The number of methoxy groups -OCH3 is 1. The van der Waals surface area contributed by atoms with Crippen LogP contribution in [0, 0.1) is 5.92 Å². The maximum atomic E-state index is 13.7. The summed E-state index contributed by atoms with van der Waals surface area (Å²) in [6.07, 6.45) is 3.18. The van der Waals surface area contributed by atoms with Gasteiger partial charge < -0.3 is 33.9 Å². The van der Waals surface area contributed by atoms with Crippen LogP contribution in [0.2, 0.25) is 0 Å². The topological polar surface area (TPSA) is 124 Å². The van der Waals surface area contributed by atoms with Gasteiger partial charge in [-0.05, 0) is 76.3 Å². The molecule has 1 saturated carbocycles. The van der Waals surface area contributed by atoms with Crippen molar-refractivity contribution >= 4 is 34.1 Å². The Morgan fingerprint density at radius 3 is 2.67 bits per heavy atom.